The third-order valence-electron chi connectivity index (χ3n) is 4.92. The van der Waals surface area contributed by atoms with E-state index in [1.807, 2.05) is 67.6 Å². The summed E-state index contributed by atoms with van der Waals surface area (Å²) in [7, 11) is 1.67. The molecule has 0 saturated heterocycles. The van der Waals surface area contributed by atoms with Crippen LogP contribution in [0, 0.1) is 5.92 Å². The van der Waals surface area contributed by atoms with E-state index >= 15 is 0 Å². The molecule has 2 aromatic carbocycles. The lowest BCUT2D eigenvalue weighted by atomic mass is 10.0. The minimum atomic E-state index is -0.536. The Balaban J connectivity index is 1.68. The van der Waals surface area contributed by atoms with Gasteiger partial charge in [-0.15, -0.1) is 0 Å². The molecule has 0 spiro atoms. The Morgan fingerprint density at radius 2 is 1.48 bits per heavy atom. The monoisotopic (exact) mass is 336 g/mol. The first kappa shape index (κ1) is 17.2. The summed E-state index contributed by atoms with van der Waals surface area (Å²) < 4.78 is 0. The Morgan fingerprint density at radius 1 is 0.960 bits per heavy atom. The van der Waals surface area contributed by atoms with E-state index in [9.17, 15) is 9.59 Å². The van der Waals surface area contributed by atoms with E-state index in [0.29, 0.717) is 5.92 Å². The van der Waals surface area contributed by atoms with Gasteiger partial charge in [0.05, 0.1) is 12.1 Å². The van der Waals surface area contributed by atoms with Gasteiger partial charge in [-0.1, -0.05) is 60.7 Å². The van der Waals surface area contributed by atoms with Gasteiger partial charge < -0.3 is 10.2 Å². The summed E-state index contributed by atoms with van der Waals surface area (Å²) in [5, 5.41) is 2.95. The SMILES string of the molecule is CC(c1ccccc1)N(C)C(=O)C(=O)NC(c1ccccc1)C1CC1. The molecular formula is C21H24N2O2. The van der Waals surface area contributed by atoms with Crippen molar-refractivity contribution < 1.29 is 9.59 Å². The number of nitrogens with zero attached hydrogens (tertiary/aromatic N) is 1. The van der Waals surface area contributed by atoms with Crippen molar-refractivity contribution in [2.24, 2.45) is 5.92 Å². The number of hydrogen-bond acceptors (Lipinski definition) is 2. The largest absolute Gasteiger partial charge is 0.341 e. The number of likely N-dealkylation sites (N-methyl/N-ethyl adjacent to an activating group) is 1. The predicted molar refractivity (Wildman–Crippen MR) is 97.7 cm³/mol. The van der Waals surface area contributed by atoms with E-state index in [2.05, 4.69) is 5.32 Å². The highest BCUT2D eigenvalue weighted by molar-refractivity contribution is 6.35. The molecule has 2 aromatic rings. The smallest absolute Gasteiger partial charge is 0.312 e. The molecule has 1 aliphatic rings. The van der Waals surface area contributed by atoms with Crippen LogP contribution in [0.1, 0.15) is 43.0 Å². The fraction of sp³-hybridized carbons (Fsp3) is 0.333. The molecule has 2 unspecified atom stereocenters. The molecule has 1 aliphatic carbocycles. The second kappa shape index (κ2) is 7.51. The Kier molecular flexibility index (Phi) is 5.17. The molecule has 0 heterocycles. The highest BCUT2D eigenvalue weighted by Gasteiger charge is 2.35. The molecule has 2 atom stereocenters. The first-order valence-electron chi connectivity index (χ1n) is 8.75. The lowest BCUT2D eigenvalue weighted by Crippen LogP contribution is -2.43. The van der Waals surface area contributed by atoms with Crippen LogP contribution in [0.5, 0.6) is 0 Å². The van der Waals surface area contributed by atoms with Gasteiger partial charge in [0.2, 0.25) is 0 Å². The Morgan fingerprint density at radius 3 is 2.00 bits per heavy atom. The lowest BCUT2D eigenvalue weighted by Gasteiger charge is -2.26. The maximum absolute atomic E-state index is 12.6. The van der Waals surface area contributed by atoms with Gasteiger partial charge in [-0.05, 0) is 36.8 Å². The molecule has 25 heavy (non-hydrogen) atoms. The molecule has 1 saturated carbocycles. The van der Waals surface area contributed by atoms with E-state index in [1.165, 1.54) is 4.90 Å². The van der Waals surface area contributed by atoms with Crippen LogP contribution < -0.4 is 5.32 Å². The first-order chi connectivity index (χ1) is 12.1. The van der Waals surface area contributed by atoms with Crippen molar-refractivity contribution in [1.82, 2.24) is 10.2 Å². The summed E-state index contributed by atoms with van der Waals surface area (Å²) in [5.74, 6) is -0.611. The average Bonchev–Trinajstić information content (AvgIpc) is 3.50. The highest BCUT2D eigenvalue weighted by atomic mass is 16.2. The Bertz CT molecular complexity index is 726. The summed E-state index contributed by atoms with van der Waals surface area (Å²) >= 11 is 0. The molecule has 1 N–H and O–H groups in total. The summed E-state index contributed by atoms with van der Waals surface area (Å²) in [6.07, 6.45) is 2.18. The summed E-state index contributed by atoms with van der Waals surface area (Å²) in [5.41, 5.74) is 2.07. The van der Waals surface area contributed by atoms with Crippen molar-refractivity contribution in [1.29, 1.82) is 0 Å². The number of nitrogens with one attached hydrogen (secondary N) is 1. The van der Waals surface area contributed by atoms with Gasteiger partial charge in [0.15, 0.2) is 0 Å². The van der Waals surface area contributed by atoms with Gasteiger partial charge in [-0.25, -0.2) is 0 Å². The zero-order valence-electron chi connectivity index (χ0n) is 14.7. The van der Waals surface area contributed by atoms with Crippen LogP contribution in [0.15, 0.2) is 60.7 Å². The normalized spacial score (nSPS) is 15.9. The number of carbonyl (C=O) groups excluding carboxylic acids is 2. The van der Waals surface area contributed by atoms with E-state index < -0.39 is 11.8 Å². The second-order valence-corrected chi connectivity index (χ2v) is 6.70. The van der Waals surface area contributed by atoms with Gasteiger partial charge in [-0.2, -0.15) is 0 Å². The molecule has 4 heteroatoms. The zero-order valence-corrected chi connectivity index (χ0v) is 14.7. The summed E-state index contributed by atoms with van der Waals surface area (Å²) in [6, 6.07) is 19.4. The zero-order chi connectivity index (χ0) is 17.8. The highest BCUT2D eigenvalue weighted by Crippen LogP contribution is 2.40. The summed E-state index contributed by atoms with van der Waals surface area (Å²) in [4.78, 5) is 26.6. The maximum atomic E-state index is 12.6. The Labute approximate surface area is 148 Å². The topological polar surface area (TPSA) is 49.4 Å². The molecule has 0 bridgehead atoms. The number of rotatable bonds is 5. The lowest BCUT2D eigenvalue weighted by molar-refractivity contribution is -0.146. The first-order valence-corrected chi connectivity index (χ1v) is 8.75. The molecule has 3 rings (SSSR count). The van der Waals surface area contributed by atoms with Gasteiger partial charge in [-0.3, -0.25) is 9.59 Å². The number of amides is 2. The van der Waals surface area contributed by atoms with Gasteiger partial charge in [0.1, 0.15) is 0 Å². The molecule has 0 aliphatic heterocycles. The van der Waals surface area contributed by atoms with Gasteiger partial charge in [0.25, 0.3) is 0 Å². The van der Waals surface area contributed by atoms with Crippen molar-refractivity contribution in [3.63, 3.8) is 0 Å². The fourth-order valence-corrected chi connectivity index (χ4v) is 3.06. The molecule has 0 aromatic heterocycles. The third-order valence-corrected chi connectivity index (χ3v) is 4.92. The van der Waals surface area contributed by atoms with Crippen LogP contribution in [0.4, 0.5) is 0 Å². The third kappa shape index (κ3) is 4.08. The molecule has 4 nitrogen and oxygen atoms in total. The van der Waals surface area contributed by atoms with Crippen LogP contribution in [0.2, 0.25) is 0 Å². The van der Waals surface area contributed by atoms with E-state index in [-0.39, 0.29) is 12.1 Å². The molecule has 0 radical (unpaired) electrons. The van der Waals surface area contributed by atoms with E-state index in [4.69, 9.17) is 0 Å². The predicted octanol–water partition coefficient (Wildman–Crippen LogP) is 3.47. The van der Waals surface area contributed by atoms with Crippen LogP contribution in [0.25, 0.3) is 0 Å². The van der Waals surface area contributed by atoms with Crippen LogP contribution >= 0.6 is 0 Å². The fourth-order valence-electron chi connectivity index (χ4n) is 3.06. The average molecular weight is 336 g/mol. The van der Waals surface area contributed by atoms with Crippen molar-refractivity contribution in [3.8, 4) is 0 Å². The minimum absolute atomic E-state index is 0.0851. The summed E-state index contributed by atoms with van der Waals surface area (Å²) in [6.45, 7) is 1.93. The minimum Gasteiger partial charge on any atom is -0.341 e. The molecule has 1 fully saturated rings. The van der Waals surface area contributed by atoms with Crippen LogP contribution in [-0.4, -0.2) is 23.8 Å². The Hall–Kier alpha value is -2.62. The quantitative estimate of drug-likeness (QED) is 0.850. The molecule has 2 amide bonds. The number of benzene rings is 2. The van der Waals surface area contributed by atoms with E-state index in [1.54, 1.807) is 7.05 Å². The van der Waals surface area contributed by atoms with Gasteiger partial charge in [0, 0.05) is 7.05 Å². The van der Waals surface area contributed by atoms with Crippen LogP contribution in [-0.2, 0) is 9.59 Å². The molecule has 130 valence electrons. The number of carbonyl (C=O) groups is 2. The second-order valence-electron chi connectivity index (χ2n) is 6.70. The van der Waals surface area contributed by atoms with E-state index in [0.717, 1.165) is 24.0 Å². The molecular weight excluding hydrogens is 312 g/mol. The van der Waals surface area contributed by atoms with Crippen molar-refractivity contribution in [2.75, 3.05) is 7.05 Å². The number of hydrogen-bond donors (Lipinski definition) is 1. The van der Waals surface area contributed by atoms with Crippen molar-refractivity contribution >= 4 is 11.8 Å². The van der Waals surface area contributed by atoms with Gasteiger partial charge >= 0.3 is 11.8 Å². The van der Waals surface area contributed by atoms with Crippen LogP contribution in [0.3, 0.4) is 0 Å². The van der Waals surface area contributed by atoms with Crippen molar-refractivity contribution in [2.45, 2.75) is 31.8 Å². The standard InChI is InChI=1S/C21H24N2O2/c1-15(16-9-5-3-6-10-16)23(2)21(25)20(24)22-19(18-13-14-18)17-11-7-4-8-12-17/h3-12,15,18-19H,13-14H2,1-2H3,(H,22,24). The van der Waals surface area contributed by atoms with Crippen molar-refractivity contribution in [3.05, 3.63) is 71.8 Å². The maximum Gasteiger partial charge on any atom is 0.312 e.